The number of rotatable bonds is 5. The van der Waals surface area contributed by atoms with Crippen LogP contribution in [-0.4, -0.2) is 16.5 Å². The van der Waals surface area contributed by atoms with Gasteiger partial charge in [0.2, 0.25) is 5.88 Å². The van der Waals surface area contributed by atoms with Crippen molar-refractivity contribution in [3.8, 4) is 11.6 Å². The van der Waals surface area contributed by atoms with E-state index >= 15 is 0 Å². The Balaban J connectivity index is 1.88. The fraction of sp³-hybridized carbons (Fsp3) is 0.176. The van der Waals surface area contributed by atoms with E-state index in [-0.39, 0.29) is 0 Å². The molecule has 3 rings (SSSR count). The molecule has 0 radical (unpaired) electrons. The van der Waals surface area contributed by atoms with Crippen molar-refractivity contribution in [1.82, 2.24) is 9.97 Å². The van der Waals surface area contributed by atoms with Crippen LogP contribution < -0.4 is 10.1 Å². The van der Waals surface area contributed by atoms with Gasteiger partial charge in [-0.2, -0.15) is 4.98 Å². The zero-order chi connectivity index (χ0) is 14.5. The molecule has 0 saturated heterocycles. The maximum atomic E-state index is 5.90. The number of aromatic nitrogens is 2. The first-order valence-electron chi connectivity index (χ1n) is 7.09. The Labute approximate surface area is 123 Å². The zero-order valence-electron chi connectivity index (χ0n) is 11.9. The highest BCUT2D eigenvalue weighted by Crippen LogP contribution is 2.27. The average Bonchev–Trinajstić information content (AvgIpc) is 2.54. The molecule has 21 heavy (non-hydrogen) atoms. The van der Waals surface area contributed by atoms with Crippen molar-refractivity contribution < 1.29 is 4.74 Å². The van der Waals surface area contributed by atoms with Gasteiger partial charge in [0.05, 0.1) is 0 Å². The van der Waals surface area contributed by atoms with Crippen molar-refractivity contribution >= 4 is 16.7 Å². The van der Waals surface area contributed by atoms with Crippen LogP contribution in [0.15, 0.2) is 54.7 Å². The van der Waals surface area contributed by atoms with Gasteiger partial charge < -0.3 is 10.1 Å². The summed E-state index contributed by atoms with van der Waals surface area (Å²) in [6.07, 6.45) is 2.82. The molecule has 0 amide bonds. The Kier molecular flexibility index (Phi) is 3.96. The number of benzene rings is 1. The summed E-state index contributed by atoms with van der Waals surface area (Å²) in [6, 6.07) is 15.5. The van der Waals surface area contributed by atoms with E-state index in [0.29, 0.717) is 11.6 Å². The van der Waals surface area contributed by atoms with E-state index in [1.807, 2.05) is 48.5 Å². The molecule has 4 heteroatoms. The fourth-order valence-corrected chi connectivity index (χ4v) is 2.09. The lowest BCUT2D eigenvalue weighted by atomic mass is 10.2. The summed E-state index contributed by atoms with van der Waals surface area (Å²) < 4.78 is 5.90. The maximum Gasteiger partial charge on any atom is 0.221 e. The average molecular weight is 279 g/mol. The molecule has 3 aromatic rings. The van der Waals surface area contributed by atoms with Crippen LogP contribution in [-0.2, 0) is 0 Å². The molecule has 2 aromatic heterocycles. The van der Waals surface area contributed by atoms with Crippen LogP contribution in [0.25, 0.3) is 10.9 Å². The number of ether oxygens (including phenoxy) is 1. The van der Waals surface area contributed by atoms with Gasteiger partial charge in [0.25, 0.3) is 0 Å². The van der Waals surface area contributed by atoms with E-state index in [9.17, 15) is 0 Å². The summed E-state index contributed by atoms with van der Waals surface area (Å²) >= 11 is 0. The van der Waals surface area contributed by atoms with E-state index in [2.05, 4.69) is 22.2 Å². The van der Waals surface area contributed by atoms with Gasteiger partial charge in [-0.15, -0.1) is 0 Å². The van der Waals surface area contributed by atoms with Gasteiger partial charge in [-0.05, 0) is 24.6 Å². The monoisotopic (exact) mass is 279 g/mol. The van der Waals surface area contributed by atoms with Crippen LogP contribution in [0.5, 0.6) is 11.6 Å². The Morgan fingerprint density at radius 2 is 1.90 bits per heavy atom. The van der Waals surface area contributed by atoms with Crippen LogP contribution in [0.2, 0.25) is 0 Å². The van der Waals surface area contributed by atoms with E-state index in [1.54, 1.807) is 6.20 Å². The molecule has 0 spiro atoms. The van der Waals surface area contributed by atoms with E-state index in [0.717, 1.165) is 29.7 Å². The zero-order valence-corrected chi connectivity index (χ0v) is 11.9. The summed E-state index contributed by atoms with van der Waals surface area (Å²) in [5, 5.41) is 4.30. The number of nitrogens with one attached hydrogen (secondary N) is 1. The molecule has 0 aliphatic carbocycles. The molecule has 0 aliphatic rings. The first kappa shape index (κ1) is 13.4. The number of para-hydroxylation sites is 1. The van der Waals surface area contributed by atoms with Gasteiger partial charge in [0.15, 0.2) is 5.75 Å². The lowest BCUT2D eigenvalue weighted by molar-refractivity contribution is 0.468. The maximum absolute atomic E-state index is 5.90. The topological polar surface area (TPSA) is 47.0 Å². The van der Waals surface area contributed by atoms with E-state index < -0.39 is 0 Å². The predicted octanol–water partition coefficient (Wildman–Crippen LogP) is 4.24. The van der Waals surface area contributed by atoms with Crippen molar-refractivity contribution in [3.05, 3.63) is 54.7 Å². The molecule has 4 nitrogen and oxygen atoms in total. The SMILES string of the molecule is CCCNc1cccc(Oc2cccc3cccnc23)n1. The van der Waals surface area contributed by atoms with E-state index in [4.69, 9.17) is 4.74 Å². The number of hydrogen-bond acceptors (Lipinski definition) is 4. The molecule has 0 atom stereocenters. The van der Waals surface area contributed by atoms with Crippen LogP contribution in [0, 0.1) is 0 Å². The van der Waals surface area contributed by atoms with Crippen LogP contribution in [0.4, 0.5) is 5.82 Å². The molecule has 1 aromatic carbocycles. The first-order chi connectivity index (χ1) is 10.4. The third kappa shape index (κ3) is 3.11. The lowest BCUT2D eigenvalue weighted by Gasteiger charge is -2.09. The number of nitrogens with zero attached hydrogens (tertiary/aromatic N) is 2. The molecule has 0 fully saturated rings. The summed E-state index contributed by atoms with van der Waals surface area (Å²) in [7, 11) is 0. The predicted molar refractivity (Wildman–Crippen MR) is 84.8 cm³/mol. The first-order valence-corrected chi connectivity index (χ1v) is 7.09. The number of hydrogen-bond donors (Lipinski definition) is 1. The molecule has 0 unspecified atom stereocenters. The summed E-state index contributed by atoms with van der Waals surface area (Å²) in [5.41, 5.74) is 0.841. The summed E-state index contributed by atoms with van der Waals surface area (Å²) in [5.74, 6) is 2.10. The number of pyridine rings is 2. The standard InChI is InChI=1S/C17H17N3O/c1-2-11-18-15-9-4-10-16(20-15)21-14-8-3-6-13-7-5-12-19-17(13)14/h3-10,12H,2,11H2,1H3,(H,18,20). The molecular weight excluding hydrogens is 262 g/mol. The van der Waals surface area contributed by atoms with Gasteiger partial charge in [-0.25, -0.2) is 0 Å². The van der Waals surface area contributed by atoms with Crippen LogP contribution >= 0.6 is 0 Å². The second-order valence-corrected chi connectivity index (χ2v) is 4.72. The second-order valence-electron chi connectivity index (χ2n) is 4.72. The van der Waals surface area contributed by atoms with Crippen LogP contribution in [0.1, 0.15) is 13.3 Å². The Bertz CT molecular complexity index is 737. The third-order valence-corrected chi connectivity index (χ3v) is 3.09. The second kappa shape index (κ2) is 6.22. The molecule has 0 saturated carbocycles. The fourth-order valence-electron chi connectivity index (χ4n) is 2.09. The van der Waals surface area contributed by atoms with Gasteiger partial charge in [0, 0.05) is 24.2 Å². The quantitative estimate of drug-likeness (QED) is 0.758. The number of anilines is 1. The normalized spacial score (nSPS) is 10.5. The lowest BCUT2D eigenvalue weighted by Crippen LogP contribution is -2.02. The molecule has 1 N–H and O–H groups in total. The minimum atomic E-state index is 0.564. The minimum absolute atomic E-state index is 0.564. The van der Waals surface area contributed by atoms with Gasteiger partial charge >= 0.3 is 0 Å². The Hall–Kier alpha value is -2.62. The molecule has 0 bridgehead atoms. The molecule has 2 heterocycles. The van der Waals surface area contributed by atoms with Crippen molar-refractivity contribution in [2.24, 2.45) is 0 Å². The van der Waals surface area contributed by atoms with Crippen molar-refractivity contribution in [2.45, 2.75) is 13.3 Å². The highest BCUT2D eigenvalue weighted by molar-refractivity contribution is 5.84. The van der Waals surface area contributed by atoms with Crippen molar-refractivity contribution in [1.29, 1.82) is 0 Å². The highest BCUT2D eigenvalue weighted by Gasteiger charge is 2.05. The van der Waals surface area contributed by atoms with E-state index in [1.165, 1.54) is 0 Å². The van der Waals surface area contributed by atoms with Crippen molar-refractivity contribution in [2.75, 3.05) is 11.9 Å². The van der Waals surface area contributed by atoms with Crippen molar-refractivity contribution in [3.63, 3.8) is 0 Å². The van der Waals surface area contributed by atoms with Gasteiger partial charge in [-0.3, -0.25) is 4.98 Å². The summed E-state index contributed by atoms with van der Waals surface area (Å²) in [6.45, 7) is 3.02. The molecule has 0 aliphatic heterocycles. The van der Waals surface area contributed by atoms with Gasteiger partial charge in [0.1, 0.15) is 11.3 Å². The third-order valence-electron chi connectivity index (χ3n) is 3.09. The van der Waals surface area contributed by atoms with Crippen LogP contribution in [0.3, 0.4) is 0 Å². The Morgan fingerprint density at radius 3 is 2.81 bits per heavy atom. The molecule has 106 valence electrons. The minimum Gasteiger partial charge on any atom is -0.437 e. The largest absolute Gasteiger partial charge is 0.437 e. The molecular formula is C17H17N3O. The Morgan fingerprint density at radius 1 is 1.05 bits per heavy atom. The summed E-state index contributed by atoms with van der Waals surface area (Å²) in [4.78, 5) is 8.83. The van der Waals surface area contributed by atoms with Gasteiger partial charge in [-0.1, -0.05) is 31.2 Å². The smallest absolute Gasteiger partial charge is 0.221 e. The highest BCUT2D eigenvalue weighted by atomic mass is 16.5. The number of fused-ring (bicyclic) bond motifs is 1.